The van der Waals surface area contributed by atoms with Gasteiger partial charge in [-0.05, 0) is 19.9 Å². The molecule has 0 aliphatic rings. The molecule has 8 nitrogen and oxygen atoms in total. The molecule has 0 atom stereocenters. The first-order chi connectivity index (χ1) is 9.40. The van der Waals surface area contributed by atoms with Gasteiger partial charge in [-0.25, -0.2) is 9.59 Å². The van der Waals surface area contributed by atoms with E-state index in [0.29, 0.717) is 13.1 Å². The van der Waals surface area contributed by atoms with Crippen LogP contribution in [0.4, 0.5) is 16.2 Å². The molecule has 0 saturated heterocycles. The van der Waals surface area contributed by atoms with E-state index < -0.39 is 16.9 Å². The Morgan fingerprint density at radius 2 is 1.95 bits per heavy atom. The molecule has 0 aliphatic carbocycles. The number of urea groups is 1. The molecule has 0 aliphatic heterocycles. The van der Waals surface area contributed by atoms with Gasteiger partial charge in [-0.3, -0.25) is 10.1 Å². The number of nitrogens with one attached hydrogen (secondary N) is 1. The number of nitrogens with zero attached hydrogens (tertiary/aromatic N) is 2. The van der Waals surface area contributed by atoms with Crippen LogP contribution in [0.5, 0.6) is 0 Å². The van der Waals surface area contributed by atoms with E-state index in [2.05, 4.69) is 5.32 Å². The van der Waals surface area contributed by atoms with Gasteiger partial charge in [0.15, 0.2) is 0 Å². The predicted octanol–water partition coefficient (Wildman–Crippen LogP) is 2.17. The zero-order valence-electron chi connectivity index (χ0n) is 11.1. The Balaban J connectivity index is 3.13. The highest BCUT2D eigenvalue weighted by molar-refractivity contribution is 6.00. The predicted molar refractivity (Wildman–Crippen MR) is 72.0 cm³/mol. The van der Waals surface area contributed by atoms with E-state index in [1.165, 1.54) is 4.90 Å². The summed E-state index contributed by atoms with van der Waals surface area (Å²) in [6, 6.07) is 2.71. The number of non-ortho nitro benzene ring substituents is 1. The summed E-state index contributed by atoms with van der Waals surface area (Å²) in [7, 11) is 0. The molecule has 0 bridgehead atoms. The molecule has 8 heteroatoms. The van der Waals surface area contributed by atoms with Crippen molar-refractivity contribution < 1.29 is 19.6 Å². The molecule has 0 aromatic heterocycles. The van der Waals surface area contributed by atoms with Crippen LogP contribution in [0.3, 0.4) is 0 Å². The van der Waals surface area contributed by atoms with Gasteiger partial charge >= 0.3 is 12.0 Å². The lowest BCUT2D eigenvalue weighted by atomic mass is 10.1. The minimum absolute atomic E-state index is 0.0939. The summed E-state index contributed by atoms with van der Waals surface area (Å²) in [5.74, 6) is -1.27. The third kappa shape index (κ3) is 3.44. The molecule has 0 saturated carbocycles. The summed E-state index contributed by atoms with van der Waals surface area (Å²) in [5, 5.41) is 22.1. The van der Waals surface area contributed by atoms with Gasteiger partial charge in [-0.1, -0.05) is 0 Å². The number of hydrogen-bond donors (Lipinski definition) is 2. The minimum Gasteiger partial charge on any atom is -0.478 e. The molecule has 0 spiro atoms. The van der Waals surface area contributed by atoms with Crippen LogP contribution in [0, 0.1) is 10.1 Å². The second-order valence-electron chi connectivity index (χ2n) is 3.89. The van der Waals surface area contributed by atoms with Gasteiger partial charge in [0.25, 0.3) is 5.69 Å². The summed E-state index contributed by atoms with van der Waals surface area (Å²) in [6.45, 7) is 4.43. The molecule has 2 N–H and O–H groups in total. The molecule has 1 rings (SSSR count). The molecule has 108 valence electrons. The third-order valence-corrected chi connectivity index (χ3v) is 2.74. The van der Waals surface area contributed by atoms with Crippen molar-refractivity contribution in [2.24, 2.45) is 0 Å². The van der Waals surface area contributed by atoms with E-state index >= 15 is 0 Å². The maximum atomic E-state index is 11.9. The van der Waals surface area contributed by atoms with Crippen molar-refractivity contribution >= 4 is 23.4 Å². The molecule has 0 heterocycles. The average Bonchev–Trinajstić information content (AvgIpc) is 2.39. The third-order valence-electron chi connectivity index (χ3n) is 2.74. The lowest BCUT2D eigenvalue weighted by Crippen LogP contribution is -2.34. The summed E-state index contributed by atoms with van der Waals surface area (Å²) < 4.78 is 0. The molecule has 0 radical (unpaired) electrons. The van der Waals surface area contributed by atoms with E-state index in [4.69, 9.17) is 5.11 Å². The topological polar surface area (TPSA) is 113 Å². The smallest absolute Gasteiger partial charge is 0.337 e. The van der Waals surface area contributed by atoms with Gasteiger partial charge in [0.1, 0.15) is 0 Å². The monoisotopic (exact) mass is 281 g/mol. The number of anilines is 1. The SMILES string of the molecule is CCN(CC)C(=O)Nc1cc([N+](=O)[O-])ccc1C(=O)O. The van der Waals surface area contributed by atoms with Crippen LogP contribution in [-0.4, -0.2) is 40.0 Å². The Bertz CT molecular complexity index is 540. The maximum Gasteiger partial charge on any atom is 0.337 e. The fraction of sp³-hybridized carbons (Fsp3) is 0.333. The molecule has 20 heavy (non-hydrogen) atoms. The van der Waals surface area contributed by atoms with Crippen LogP contribution in [0.1, 0.15) is 24.2 Å². The van der Waals surface area contributed by atoms with Crippen molar-refractivity contribution in [2.45, 2.75) is 13.8 Å². The van der Waals surface area contributed by atoms with Gasteiger partial charge in [0.2, 0.25) is 0 Å². The molecular weight excluding hydrogens is 266 g/mol. The number of amides is 2. The standard InChI is InChI=1S/C12H15N3O5/c1-3-14(4-2)12(18)13-10-7-8(15(19)20)5-6-9(10)11(16)17/h5-7H,3-4H2,1-2H3,(H,13,18)(H,16,17). The summed E-state index contributed by atoms with van der Waals surface area (Å²) in [5.41, 5.74) is -0.579. The van der Waals surface area contributed by atoms with Crippen molar-refractivity contribution in [3.63, 3.8) is 0 Å². The molecular formula is C12H15N3O5. The number of rotatable bonds is 5. The number of hydrogen-bond acceptors (Lipinski definition) is 4. The van der Waals surface area contributed by atoms with Crippen molar-refractivity contribution in [1.82, 2.24) is 4.90 Å². The first-order valence-electron chi connectivity index (χ1n) is 5.98. The number of benzene rings is 1. The second-order valence-corrected chi connectivity index (χ2v) is 3.89. The number of carbonyl (C=O) groups excluding carboxylic acids is 1. The van der Waals surface area contributed by atoms with Crippen molar-refractivity contribution in [3.05, 3.63) is 33.9 Å². The Kier molecular flexibility index (Phi) is 5.01. The summed E-state index contributed by atoms with van der Waals surface area (Å²) in [4.78, 5) is 34.4. The molecule has 1 aromatic carbocycles. The number of carbonyl (C=O) groups is 2. The highest BCUT2D eigenvalue weighted by atomic mass is 16.6. The van der Waals surface area contributed by atoms with Crippen LogP contribution in [0.2, 0.25) is 0 Å². The fourth-order valence-electron chi connectivity index (χ4n) is 1.64. The first kappa shape index (κ1) is 15.4. The van der Waals surface area contributed by atoms with Gasteiger partial charge in [-0.15, -0.1) is 0 Å². The van der Waals surface area contributed by atoms with Crippen molar-refractivity contribution in [3.8, 4) is 0 Å². The second kappa shape index (κ2) is 6.50. The number of carboxylic acid groups (broad SMARTS) is 1. The van der Waals surface area contributed by atoms with Gasteiger partial charge in [0, 0.05) is 25.2 Å². The van der Waals surface area contributed by atoms with Crippen molar-refractivity contribution in [2.75, 3.05) is 18.4 Å². The van der Waals surface area contributed by atoms with Crippen LogP contribution in [0.15, 0.2) is 18.2 Å². The van der Waals surface area contributed by atoms with E-state index in [1.807, 2.05) is 0 Å². The van der Waals surface area contributed by atoms with Gasteiger partial charge in [0.05, 0.1) is 16.2 Å². The summed E-state index contributed by atoms with van der Waals surface area (Å²) in [6.07, 6.45) is 0. The highest BCUT2D eigenvalue weighted by Gasteiger charge is 2.18. The van der Waals surface area contributed by atoms with Crippen LogP contribution in [0.25, 0.3) is 0 Å². The molecule has 2 amide bonds. The Labute approximate surface area is 115 Å². The van der Waals surface area contributed by atoms with Crippen LogP contribution >= 0.6 is 0 Å². The van der Waals surface area contributed by atoms with E-state index in [-0.39, 0.29) is 16.9 Å². The molecule has 0 fully saturated rings. The number of aromatic carboxylic acids is 1. The zero-order valence-corrected chi connectivity index (χ0v) is 11.1. The Morgan fingerprint density at radius 3 is 2.40 bits per heavy atom. The average molecular weight is 281 g/mol. The molecule has 0 unspecified atom stereocenters. The van der Waals surface area contributed by atoms with Crippen molar-refractivity contribution in [1.29, 1.82) is 0 Å². The highest BCUT2D eigenvalue weighted by Crippen LogP contribution is 2.23. The van der Waals surface area contributed by atoms with Crippen LogP contribution in [-0.2, 0) is 0 Å². The Hall–Kier alpha value is -2.64. The number of nitro benzene ring substituents is 1. The summed E-state index contributed by atoms with van der Waals surface area (Å²) >= 11 is 0. The lowest BCUT2D eigenvalue weighted by molar-refractivity contribution is -0.384. The normalized spacial score (nSPS) is 9.90. The van der Waals surface area contributed by atoms with Crippen LogP contribution < -0.4 is 5.32 Å². The first-order valence-corrected chi connectivity index (χ1v) is 5.98. The largest absolute Gasteiger partial charge is 0.478 e. The Morgan fingerprint density at radius 1 is 1.35 bits per heavy atom. The van der Waals surface area contributed by atoms with Gasteiger partial charge in [-0.2, -0.15) is 0 Å². The van der Waals surface area contributed by atoms with E-state index in [0.717, 1.165) is 18.2 Å². The minimum atomic E-state index is -1.27. The number of nitro groups is 1. The quantitative estimate of drug-likeness (QED) is 0.634. The lowest BCUT2D eigenvalue weighted by Gasteiger charge is -2.19. The number of carboxylic acids is 1. The maximum absolute atomic E-state index is 11.9. The van der Waals surface area contributed by atoms with Gasteiger partial charge < -0.3 is 15.3 Å². The molecule has 1 aromatic rings. The zero-order chi connectivity index (χ0) is 15.3. The van der Waals surface area contributed by atoms with E-state index in [9.17, 15) is 19.7 Å². The fourth-order valence-corrected chi connectivity index (χ4v) is 1.64. The van der Waals surface area contributed by atoms with E-state index in [1.54, 1.807) is 13.8 Å².